The molecule has 0 amide bonds. The van der Waals surface area contributed by atoms with Gasteiger partial charge in [-0.1, -0.05) is 51.9 Å². The molecule has 4 atom stereocenters. The van der Waals surface area contributed by atoms with Crippen LogP contribution in [0.3, 0.4) is 0 Å². The van der Waals surface area contributed by atoms with Crippen molar-refractivity contribution < 1.29 is 5.11 Å². The summed E-state index contributed by atoms with van der Waals surface area (Å²) >= 11 is 0. The zero-order valence-corrected chi connectivity index (χ0v) is 12.6. The normalized spacial score (nSPS) is 18.3. The molecule has 0 aliphatic heterocycles. The minimum Gasteiger partial charge on any atom is -0.391 e. The second kappa shape index (κ2) is 10.8. The fraction of sp³-hybridized carbons (Fsp3) is 1.00. The molecule has 0 aliphatic carbocycles. The second-order valence-electron chi connectivity index (χ2n) is 5.78. The van der Waals surface area contributed by atoms with Gasteiger partial charge in [-0.05, 0) is 20.3 Å². The smallest absolute Gasteiger partial charge is 0.0731 e. The molecule has 0 heterocycles. The molecule has 0 saturated carbocycles. The maximum atomic E-state index is 10.0. The molecule has 0 saturated heterocycles. The van der Waals surface area contributed by atoms with Crippen molar-refractivity contribution in [2.75, 3.05) is 0 Å². The predicted octanol–water partition coefficient (Wildman–Crippen LogP) is 2.80. The molecule has 3 nitrogen and oxygen atoms in total. The monoisotopic (exact) mass is 258 g/mol. The van der Waals surface area contributed by atoms with Crippen LogP contribution in [0, 0.1) is 5.92 Å². The van der Waals surface area contributed by atoms with Gasteiger partial charge in [0.15, 0.2) is 0 Å². The number of nitrogens with two attached hydrogens (primary N) is 2. The maximum Gasteiger partial charge on any atom is 0.0731 e. The van der Waals surface area contributed by atoms with E-state index in [1.165, 1.54) is 38.5 Å². The van der Waals surface area contributed by atoms with Gasteiger partial charge in [0, 0.05) is 18.0 Å². The van der Waals surface area contributed by atoms with Crippen molar-refractivity contribution in [3.8, 4) is 0 Å². The first-order valence-corrected chi connectivity index (χ1v) is 7.69. The minimum atomic E-state index is -0.468. The molecular weight excluding hydrogens is 224 g/mol. The summed E-state index contributed by atoms with van der Waals surface area (Å²) in [5, 5.41) is 10.0. The zero-order valence-electron chi connectivity index (χ0n) is 12.6. The molecule has 0 fully saturated rings. The van der Waals surface area contributed by atoms with Crippen LogP contribution in [0.4, 0.5) is 0 Å². The summed E-state index contributed by atoms with van der Waals surface area (Å²) in [6, 6.07) is -0.170. The van der Waals surface area contributed by atoms with Gasteiger partial charge in [0.2, 0.25) is 0 Å². The van der Waals surface area contributed by atoms with Gasteiger partial charge in [0.1, 0.15) is 0 Å². The molecule has 0 spiro atoms. The van der Waals surface area contributed by atoms with E-state index >= 15 is 0 Å². The molecule has 0 radical (unpaired) electrons. The Bertz CT molecular complexity index is 183. The summed E-state index contributed by atoms with van der Waals surface area (Å²) in [6.07, 6.45) is 9.58. The van der Waals surface area contributed by atoms with E-state index in [0.29, 0.717) is 0 Å². The molecule has 4 unspecified atom stereocenters. The van der Waals surface area contributed by atoms with Crippen LogP contribution < -0.4 is 11.5 Å². The highest BCUT2D eigenvalue weighted by Gasteiger charge is 2.25. The fourth-order valence-electron chi connectivity index (χ4n) is 2.47. The van der Waals surface area contributed by atoms with Crippen LogP contribution in [0.1, 0.15) is 72.1 Å². The van der Waals surface area contributed by atoms with E-state index in [-0.39, 0.29) is 18.0 Å². The van der Waals surface area contributed by atoms with Gasteiger partial charge < -0.3 is 16.6 Å². The number of aliphatic hydroxyl groups excluding tert-OH is 1. The lowest BCUT2D eigenvalue weighted by Crippen LogP contribution is -2.44. The van der Waals surface area contributed by atoms with Gasteiger partial charge in [-0.25, -0.2) is 0 Å². The molecule has 0 aliphatic rings. The Balaban J connectivity index is 3.72. The summed E-state index contributed by atoms with van der Waals surface area (Å²) in [4.78, 5) is 0. The van der Waals surface area contributed by atoms with Gasteiger partial charge in [-0.2, -0.15) is 0 Å². The number of rotatable bonds is 11. The quantitative estimate of drug-likeness (QED) is 0.499. The Morgan fingerprint density at radius 2 is 1.33 bits per heavy atom. The van der Waals surface area contributed by atoms with Gasteiger partial charge in [-0.15, -0.1) is 0 Å². The van der Waals surface area contributed by atoms with Crippen molar-refractivity contribution in [3.05, 3.63) is 0 Å². The third-order valence-electron chi connectivity index (χ3n) is 3.79. The average Bonchev–Trinajstić information content (AvgIpc) is 2.31. The van der Waals surface area contributed by atoms with Crippen LogP contribution in [0.15, 0.2) is 0 Å². The van der Waals surface area contributed by atoms with Crippen molar-refractivity contribution in [2.45, 2.75) is 90.3 Å². The van der Waals surface area contributed by atoms with Crippen LogP contribution in [-0.2, 0) is 0 Å². The highest BCUT2D eigenvalue weighted by Crippen LogP contribution is 2.19. The average molecular weight is 258 g/mol. The van der Waals surface area contributed by atoms with E-state index in [0.717, 1.165) is 12.8 Å². The van der Waals surface area contributed by atoms with E-state index < -0.39 is 6.10 Å². The molecule has 0 bridgehead atoms. The third-order valence-corrected chi connectivity index (χ3v) is 3.79. The van der Waals surface area contributed by atoms with Gasteiger partial charge in [0.05, 0.1) is 6.10 Å². The lowest BCUT2D eigenvalue weighted by molar-refractivity contribution is 0.0702. The number of unbranched alkanes of at least 4 members (excludes halogenated alkanes) is 6. The molecule has 110 valence electrons. The molecule has 0 aromatic heterocycles. The summed E-state index contributed by atoms with van der Waals surface area (Å²) < 4.78 is 0. The van der Waals surface area contributed by atoms with Crippen LogP contribution in [0.2, 0.25) is 0 Å². The van der Waals surface area contributed by atoms with Crippen molar-refractivity contribution in [2.24, 2.45) is 17.4 Å². The number of aliphatic hydroxyl groups is 1. The Kier molecular flexibility index (Phi) is 10.7. The van der Waals surface area contributed by atoms with Gasteiger partial charge >= 0.3 is 0 Å². The highest BCUT2D eigenvalue weighted by atomic mass is 16.3. The molecule has 18 heavy (non-hydrogen) atoms. The van der Waals surface area contributed by atoms with Gasteiger partial charge in [0.25, 0.3) is 0 Å². The summed E-state index contributed by atoms with van der Waals surface area (Å²) in [7, 11) is 0. The van der Waals surface area contributed by atoms with E-state index in [1.807, 2.05) is 13.8 Å². The summed E-state index contributed by atoms with van der Waals surface area (Å²) in [5.74, 6) is 0.139. The molecule has 0 aromatic rings. The standard InChI is InChI=1S/C15H34N2O/c1-4-5-6-7-8-9-10-11-14(12(2)16)15(18)13(3)17/h12-15,18H,4-11,16-17H2,1-3H3. The van der Waals surface area contributed by atoms with Crippen molar-refractivity contribution in [1.29, 1.82) is 0 Å². The Morgan fingerprint density at radius 3 is 1.78 bits per heavy atom. The first kappa shape index (κ1) is 17.9. The number of hydrogen-bond donors (Lipinski definition) is 3. The lowest BCUT2D eigenvalue weighted by Gasteiger charge is -2.28. The first-order valence-electron chi connectivity index (χ1n) is 7.69. The van der Waals surface area contributed by atoms with E-state index in [2.05, 4.69) is 6.92 Å². The van der Waals surface area contributed by atoms with Crippen molar-refractivity contribution >= 4 is 0 Å². The van der Waals surface area contributed by atoms with E-state index in [9.17, 15) is 5.11 Å². The Hall–Kier alpha value is -0.120. The third kappa shape index (κ3) is 8.06. The first-order chi connectivity index (χ1) is 8.50. The largest absolute Gasteiger partial charge is 0.391 e. The highest BCUT2D eigenvalue weighted by molar-refractivity contribution is 4.81. The van der Waals surface area contributed by atoms with Gasteiger partial charge in [-0.3, -0.25) is 0 Å². The lowest BCUT2D eigenvalue weighted by atomic mass is 9.86. The summed E-state index contributed by atoms with van der Waals surface area (Å²) in [6.45, 7) is 6.06. The van der Waals surface area contributed by atoms with E-state index in [4.69, 9.17) is 11.5 Å². The molecule has 0 aromatic carbocycles. The molecular formula is C15H34N2O. The van der Waals surface area contributed by atoms with Crippen molar-refractivity contribution in [3.63, 3.8) is 0 Å². The zero-order chi connectivity index (χ0) is 14.0. The van der Waals surface area contributed by atoms with Crippen LogP contribution in [0.5, 0.6) is 0 Å². The van der Waals surface area contributed by atoms with Crippen LogP contribution >= 0.6 is 0 Å². The topological polar surface area (TPSA) is 72.3 Å². The fourth-order valence-corrected chi connectivity index (χ4v) is 2.47. The van der Waals surface area contributed by atoms with Crippen LogP contribution in [-0.4, -0.2) is 23.3 Å². The SMILES string of the molecule is CCCCCCCCCC(C(C)N)C(O)C(C)N. The Labute approximate surface area is 113 Å². The Morgan fingerprint density at radius 1 is 0.833 bits per heavy atom. The molecule has 0 rings (SSSR count). The predicted molar refractivity (Wildman–Crippen MR) is 79.4 cm³/mol. The maximum absolute atomic E-state index is 10.0. The molecule has 5 N–H and O–H groups in total. The summed E-state index contributed by atoms with van der Waals surface area (Å²) in [5.41, 5.74) is 11.7. The second-order valence-corrected chi connectivity index (χ2v) is 5.78. The molecule has 3 heteroatoms. The van der Waals surface area contributed by atoms with E-state index in [1.54, 1.807) is 0 Å². The minimum absolute atomic E-state index is 0.0195. The van der Waals surface area contributed by atoms with Crippen molar-refractivity contribution in [1.82, 2.24) is 0 Å². The number of hydrogen-bond acceptors (Lipinski definition) is 3. The van der Waals surface area contributed by atoms with Crippen LogP contribution in [0.25, 0.3) is 0 Å².